The lowest BCUT2D eigenvalue weighted by Gasteiger charge is -2.09. The predicted molar refractivity (Wildman–Crippen MR) is 78.2 cm³/mol. The Balaban J connectivity index is 4.06. The van der Waals surface area contributed by atoms with E-state index in [1.165, 1.54) is 0 Å². The lowest BCUT2D eigenvalue weighted by molar-refractivity contribution is -0.165. The van der Waals surface area contributed by atoms with Crippen LogP contribution in [-0.2, 0) is 33.5 Å². The first kappa shape index (κ1) is 22.0. The van der Waals surface area contributed by atoms with Gasteiger partial charge in [0.15, 0.2) is 0 Å². The quantitative estimate of drug-likeness (QED) is 0.153. The number of ketones is 1. The van der Waals surface area contributed by atoms with E-state index < -0.39 is 48.2 Å². The molecule has 25 heavy (non-hydrogen) atoms. The number of carboxylic acid groups (broad SMARTS) is 1. The highest BCUT2D eigenvalue weighted by atomic mass is 16.7. The predicted octanol–water partition coefficient (Wildman–Crippen LogP) is -1.50. The van der Waals surface area contributed by atoms with E-state index in [4.69, 9.17) is 10.8 Å². The van der Waals surface area contributed by atoms with E-state index in [2.05, 4.69) is 15.3 Å². The Hall–Kier alpha value is -3.02. The molecule has 0 radical (unpaired) electrons. The molecule has 6 N–H and O–H groups in total. The van der Waals surface area contributed by atoms with Crippen LogP contribution in [0.1, 0.15) is 38.5 Å². The largest absolute Gasteiger partial charge is 0.481 e. The van der Waals surface area contributed by atoms with Crippen molar-refractivity contribution in [1.82, 2.24) is 5.48 Å². The van der Waals surface area contributed by atoms with E-state index in [0.29, 0.717) is 0 Å². The molecule has 0 fully saturated rings. The van der Waals surface area contributed by atoms with Crippen LogP contribution in [0.4, 0.5) is 4.79 Å². The second-order valence-corrected chi connectivity index (χ2v) is 4.82. The summed E-state index contributed by atoms with van der Waals surface area (Å²) in [6.07, 6.45) is -0.894. The van der Waals surface area contributed by atoms with Gasteiger partial charge in [-0.15, -0.1) is 0 Å². The molecule has 12 nitrogen and oxygen atoms in total. The Morgan fingerprint density at radius 3 is 2.20 bits per heavy atom. The van der Waals surface area contributed by atoms with Gasteiger partial charge in [-0.2, -0.15) is 5.48 Å². The van der Waals surface area contributed by atoms with Crippen molar-refractivity contribution in [3.8, 4) is 0 Å². The summed E-state index contributed by atoms with van der Waals surface area (Å²) in [5, 5.41) is 8.45. The molecule has 0 bridgehead atoms. The van der Waals surface area contributed by atoms with Gasteiger partial charge >= 0.3 is 29.9 Å². The van der Waals surface area contributed by atoms with Crippen molar-refractivity contribution in [3.63, 3.8) is 0 Å². The molecule has 0 saturated carbocycles. The lowest BCUT2D eigenvalue weighted by Crippen LogP contribution is -2.35. The maximum atomic E-state index is 11.5. The van der Waals surface area contributed by atoms with E-state index in [1.807, 2.05) is 0 Å². The molecule has 0 rings (SSSR count). The third kappa shape index (κ3) is 11.2. The number of Topliss-reactive ketones (excluding diaryl/α,β-unsaturated/α-hetero) is 1. The van der Waals surface area contributed by atoms with Gasteiger partial charge in [-0.25, -0.2) is 19.2 Å². The number of aliphatic carboxylic acids is 1. The van der Waals surface area contributed by atoms with Gasteiger partial charge in [0.25, 0.3) is 0 Å². The van der Waals surface area contributed by atoms with Crippen LogP contribution in [0.5, 0.6) is 0 Å². The number of carbonyl (C=O) groups is 6. The first-order valence-corrected chi connectivity index (χ1v) is 7.14. The minimum absolute atomic E-state index is 0.0225. The molecule has 0 spiro atoms. The van der Waals surface area contributed by atoms with Crippen LogP contribution in [0.2, 0.25) is 0 Å². The average Bonchev–Trinajstić information content (AvgIpc) is 2.52. The number of primary amides is 1. The molecule has 0 heterocycles. The number of carbonyl (C=O) groups excluding carboxylic acids is 5. The molecule has 0 saturated heterocycles. The zero-order valence-electron chi connectivity index (χ0n) is 13.2. The number of ether oxygens (including phenoxy) is 1. The number of rotatable bonds is 10. The van der Waals surface area contributed by atoms with Crippen molar-refractivity contribution < 1.29 is 43.4 Å². The molecular formula is C13H19N3O9. The second-order valence-electron chi connectivity index (χ2n) is 4.82. The van der Waals surface area contributed by atoms with E-state index in [9.17, 15) is 28.8 Å². The zero-order valence-corrected chi connectivity index (χ0v) is 13.2. The van der Waals surface area contributed by atoms with Crippen molar-refractivity contribution in [3.05, 3.63) is 0 Å². The van der Waals surface area contributed by atoms with E-state index >= 15 is 0 Å². The van der Waals surface area contributed by atoms with Gasteiger partial charge in [0.1, 0.15) is 6.04 Å². The van der Waals surface area contributed by atoms with Crippen molar-refractivity contribution in [2.24, 2.45) is 11.5 Å². The van der Waals surface area contributed by atoms with Gasteiger partial charge in [-0.05, 0) is 19.3 Å². The summed E-state index contributed by atoms with van der Waals surface area (Å²) >= 11 is 0. The van der Waals surface area contributed by atoms with E-state index in [1.54, 1.807) is 5.48 Å². The Kier molecular flexibility index (Phi) is 10.1. The van der Waals surface area contributed by atoms with Gasteiger partial charge in [-0.3, -0.25) is 9.59 Å². The van der Waals surface area contributed by atoms with Gasteiger partial charge in [0.05, 0.1) is 0 Å². The minimum Gasteiger partial charge on any atom is -0.481 e. The third-order valence-corrected chi connectivity index (χ3v) is 2.68. The summed E-state index contributed by atoms with van der Waals surface area (Å²) in [6.45, 7) is 0. The maximum Gasteiger partial charge on any atom is 0.382 e. The average molecular weight is 361 g/mol. The highest BCUT2D eigenvalue weighted by Gasteiger charge is 2.23. The number of hydroxylamine groups is 1. The number of amides is 2. The fourth-order valence-corrected chi connectivity index (χ4v) is 1.47. The van der Waals surface area contributed by atoms with Gasteiger partial charge in [0.2, 0.25) is 5.78 Å². The normalized spacial score (nSPS) is 11.1. The van der Waals surface area contributed by atoms with E-state index in [-0.39, 0.29) is 32.1 Å². The summed E-state index contributed by atoms with van der Waals surface area (Å²) in [4.78, 5) is 70.2. The summed E-state index contributed by atoms with van der Waals surface area (Å²) in [6, 6.07) is -2.31. The number of urea groups is 1. The smallest absolute Gasteiger partial charge is 0.382 e. The van der Waals surface area contributed by atoms with Crippen LogP contribution in [0.3, 0.4) is 0 Å². The number of hydrogen-bond acceptors (Lipinski definition) is 9. The van der Waals surface area contributed by atoms with E-state index in [0.717, 1.165) is 0 Å². The molecule has 1 unspecified atom stereocenters. The van der Waals surface area contributed by atoms with Gasteiger partial charge in [-0.1, -0.05) is 0 Å². The standard InChI is InChI=1S/C13H19N3O9/c14-7(3-1-5-9(18)19)11(21)24-12(22)8(17)4-2-6-10(20)25-16-13(15)23/h7H,1-6,14H2,(H,18,19)(H3,15,16,23). The molecule has 2 amide bonds. The van der Waals surface area contributed by atoms with Crippen LogP contribution in [-0.4, -0.2) is 46.8 Å². The fourth-order valence-electron chi connectivity index (χ4n) is 1.47. The second kappa shape index (κ2) is 11.5. The first-order valence-electron chi connectivity index (χ1n) is 7.14. The number of nitrogens with one attached hydrogen (secondary N) is 1. The van der Waals surface area contributed by atoms with Gasteiger partial charge < -0.3 is 26.1 Å². The molecule has 1 atom stereocenters. The van der Waals surface area contributed by atoms with Crippen LogP contribution in [0.15, 0.2) is 0 Å². The summed E-state index contributed by atoms with van der Waals surface area (Å²) in [7, 11) is 0. The van der Waals surface area contributed by atoms with Crippen molar-refractivity contribution >= 4 is 35.7 Å². The molecule has 0 aromatic carbocycles. The van der Waals surface area contributed by atoms with Crippen molar-refractivity contribution in [2.45, 2.75) is 44.6 Å². The fraction of sp³-hybridized carbons (Fsp3) is 0.538. The molecule has 140 valence electrons. The van der Waals surface area contributed by atoms with Crippen LogP contribution < -0.4 is 16.9 Å². The molecule has 12 heteroatoms. The van der Waals surface area contributed by atoms with Crippen LogP contribution in [0, 0.1) is 0 Å². The summed E-state index contributed by atoms with van der Waals surface area (Å²) < 4.78 is 4.28. The maximum absolute atomic E-state index is 11.5. The number of nitrogens with two attached hydrogens (primary N) is 2. The SMILES string of the molecule is NC(=O)NOC(=O)CCCC(=O)C(=O)OC(=O)C(N)CCCC(=O)O. The summed E-state index contributed by atoms with van der Waals surface area (Å²) in [5.74, 6) is -5.56. The van der Waals surface area contributed by atoms with Crippen LogP contribution >= 0.6 is 0 Å². The Morgan fingerprint density at radius 1 is 1.00 bits per heavy atom. The third-order valence-electron chi connectivity index (χ3n) is 2.68. The highest BCUT2D eigenvalue weighted by molar-refractivity contribution is 6.35. The Labute approximate surface area is 141 Å². The molecule has 0 aliphatic carbocycles. The minimum atomic E-state index is -1.43. The van der Waals surface area contributed by atoms with Crippen molar-refractivity contribution in [1.29, 1.82) is 0 Å². The van der Waals surface area contributed by atoms with Crippen LogP contribution in [0.25, 0.3) is 0 Å². The summed E-state index contributed by atoms with van der Waals surface area (Å²) in [5.41, 5.74) is 11.7. The topological polar surface area (TPSA) is 205 Å². The lowest BCUT2D eigenvalue weighted by atomic mass is 10.1. The first-order chi connectivity index (χ1) is 11.6. The Morgan fingerprint density at radius 2 is 1.64 bits per heavy atom. The monoisotopic (exact) mass is 361 g/mol. The Bertz CT molecular complexity index is 547. The van der Waals surface area contributed by atoms with Crippen molar-refractivity contribution in [2.75, 3.05) is 0 Å². The zero-order chi connectivity index (χ0) is 19.4. The molecular weight excluding hydrogens is 342 g/mol. The number of esters is 2. The molecule has 0 aliphatic rings. The molecule has 0 aromatic heterocycles. The number of hydrogen-bond donors (Lipinski definition) is 4. The highest BCUT2D eigenvalue weighted by Crippen LogP contribution is 2.03. The van der Waals surface area contributed by atoms with Gasteiger partial charge in [0, 0.05) is 19.3 Å². The molecule has 0 aliphatic heterocycles. The number of carboxylic acids is 1. The molecule has 0 aromatic rings.